The molecule has 32 heavy (non-hydrogen) atoms. The van der Waals surface area contributed by atoms with Crippen LogP contribution in [0.2, 0.25) is 0 Å². The zero-order chi connectivity index (χ0) is 22.7. The second-order valence-corrected chi connectivity index (χ2v) is 8.17. The number of carbonyl (C=O) groups is 1. The molecule has 2 heterocycles. The van der Waals surface area contributed by atoms with Crippen LogP contribution in [0.15, 0.2) is 35.3 Å². The second-order valence-electron chi connectivity index (χ2n) is 8.17. The summed E-state index contributed by atoms with van der Waals surface area (Å²) < 4.78 is 48.6. The molecule has 166 valence electrons. The van der Waals surface area contributed by atoms with Crippen molar-refractivity contribution in [2.24, 2.45) is 0 Å². The quantitative estimate of drug-likeness (QED) is 0.601. The van der Waals surface area contributed by atoms with Crippen LogP contribution in [0.4, 0.5) is 13.2 Å². The molecule has 0 radical (unpaired) electrons. The average molecular weight is 444 g/mol. The van der Waals surface area contributed by atoms with Gasteiger partial charge in [-0.25, -0.2) is 9.18 Å². The van der Waals surface area contributed by atoms with E-state index in [1.807, 2.05) is 13.0 Å². The van der Waals surface area contributed by atoms with E-state index in [4.69, 9.17) is 4.74 Å². The van der Waals surface area contributed by atoms with Gasteiger partial charge in [0.25, 0.3) is 0 Å². The number of halogens is 3. The number of nitrogens with zero attached hydrogens (tertiary/aromatic N) is 1. The SMILES string of the molecule is C[C@H]1NCc2cc(-c3c(F)cc4c(=O)c(C(=O)O)cn(C5CC5)c4c3OC(F)F)ccc21. The van der Waals surface area contributed by atoms with Crippen LogP contribution in [-0.4, -0.2) is 22.3 Å². The van der Waals surface area contributed by atoms with E-state index >= 15 is 4.39 Å². The molecule has 2 N–H and O–H groups in total. The lowest BCUT2D eigenvalue weighted by Crippen LogP contribution is -2.20. The van der Waals surface area contributed by atoms with Crippen LogP contribution in [0.25, 0.3) is 22.0 Å². The second kappa shape index (κ2) is 7.37. The van der Waals surface area contributed by atoms with Crippen molar-refractivity contribution in [3.63, 3.8) is 0 Å². The third kappa shape index (κ3) is 3.24. The van der Waals surface area contributed by atoms with E-state index in [2.05, 4.69) is 5.32 Å². The van der Waals surface area contributed by atoms with Crippen LogP contribution in [0.5, 0.6) is 5.75 Å². The van der Waals surface area contributed by atoms with Gasteiger partial charge < -0.3 is 19.7 Å². The van der Waals surface area contributed by atoms with Gasteiger partial charge in [0.05, 0.1) is 16.5 Å². The molecule has 2 aromatic carbocycles. The van der Waals surface area contributed by atoms with Gasteiger partial charge in [-0.1, -0.05) is 12.1 Å². The molecular formula is C23H19F3N2O4. The predicted octanol–water partition coefficient (Wildman–Crippen LogP) is 4.61. The summed E-state index contributed by atoms with van der Waals surface area (Å²) in [6, 6.07) is 6.03. The summed E-state index contributed by atoms with van der Waals surface area (Å²) in [5.41, 5.74) is 0.596. The zero-order valence-corrected chi connectivity index (χ0v) is 17.0. The lowest BCUT2D eigenvalue weighted by Gasteiger charge is -2.20. The van der Waals surface area contributed by atoms with Crippen molar-refractivity contribution >= 4 is 16.9 Å². The topological polar surface area (TPSA) is 80.6 Å². The van der Waals surface area contributed by atoms with E-state index in [-0.39, 0.29) is 28.6 Å². The van der Waals surface area contributed by atoms with E-state index in [9.17, 15) is 23.5 Å². The van der Waals surface area contributed by atoms with Crippen LogP contribution in [0, 0.1) is 5.82 Å². The van der Waals surface area contributed by atoms with Crippen LogP contribution in [0.3, 0.4) is 0 Å². The first-order chi connectivity index (χ1) is 15.3. The number of hydrogen-bond acceptors (Lipinski definition) is 4. The lowest BCUT2D eigenvalue weighted by molar-refractivity contribution is -0.0487. The molecule has 1 fully saturated rings. The third-order valence-corrected chi connectivity index (χ3v) is 6.10. The Balaban J connectivity index is 1.85. The minimum atomic E-state index is -3.27. The number of aromatic nitrogens is 1. The Kier molecular flexibility index (Phi) is 4.74. The van der Waals surface area contributed by atoms with E-state index in [1.54, 1.807) is 12.1 Å². The Morgan fingerprint density at radius 2 is 2.03 bits per heavy atom. The Bertz CT molecular complexity index is 1330. The molecule has 1 saturated carbocycles. The van der Waals surface area contributed by atoms with Crippen LogP contribution < -0.4 is 15.5 Å². The highest BCUT2D eigenvalue weighted by atomic mass is 19.3. The largest absolute Gasteiger partial charge is 0.477 e. The smallest absolute Gasteiger partial charge is 0.387 e. The molecule has 3 aromatic rings. The first kappa shape index (κ1) is 20.6. The number of carboxylic acid groups (broad SMARTS) is 1. The fourth-order valence-electron chi connectivity index (χ4n) is 4.43. The summed E-state index contributed by atoms with van der Waals surface area (Å²) in [5.74, 6) is -2.86. The summed E-state index contributed by atoms with van der Waals surface area (Å²) in [6.45, 7) is -0.724. The number of aromatic carboxylic acids is 1. The van der Waals surface area contributed by atoms with Crippen molar-refractivity contribution in [1.29, 1.82) is 0 Å². The minimum Gasteiger partial charge on any atom is -0.477 e. The molecule has 0 saturated heterocycles. The van der Waals surface area contributed by atoms with E-state index in [1.165, 1.54) is 4.57 Å². The summed E-state index contributed by atoms with van der Waals surface area (Å²) in [7, 11) is 0. The molecule has 0 amide bonds. The summed E-state index contributed by atoms with van der Waals surface area (Å²) >= 11 is 0. The van der Waals surface area contributed by atoms with Crippen LogP contribution in [0.1, 0.15) is 53.3 Å². The van der Waals surface area contributed by atoms with Crippen molar-refractivity contribution < 1.29 is 27.8 Å². The third-order valence-electron chi connectivity index (χ3n) is 6.10. The van der Waals surface area contributed by atoms with Gasteiger partial charge in [-0.15, -0.1) is 0 Å². The summed E-state index contributed by atoms with van der Waals surface area (Å²) in [4.78, 5) is 24.3. The molecule has 1 aliphatic carbocycles. The Morgan fingerprint density at radius 1 is 1.28 bits per heavy atom. The fourth-order valence-corrected chi connectivity index (χ4v) is 4.43. The van der Waals surface area contributed by atoms with Gasteiger partial charge in [0, 0.05) is 24.8 Å². The van der Waals surface area contributed by atoms with Crippen molar-refractivity contribution in [2.45, 2.75) is 45.0 Å². The molecule has 0 spiro atoms. The molecule has 1 aromatic heterocycles. The van der Waals surface area contributed by atoms with Gasteiger partial charge in [-0.3, -0.25) is 4.79 Å². The van der Waals surface area contributed by atoms with Gasteiger partial charge in [0.2, 0.25) is 5.43 Å². The van der Waals surface area contributed by atoms with Crippen LogP contribution >= 0.6 is 0 Å². The molecule has 9 heteroatoms. The molecule has 0 unspecified atom stereocenters. The number of fused-ring (bicyclic) bond motifs is 2. The van der Waals surface area contributed by atoms with Crippen LogP contribution in [-0.2, 0) is 6.54 Å². The normalized spacial score (nSPS) is 17.7. The van der Waals surface area contributed by atoms with E-state index in [0.29, 0.717) is 24.9 Å². The van der Waals surface area contributed by atoms with Gasteiger partial charge in [-0.05, 0) is 48.6 Å². The van der Waals surface area contributed by atoms with E-state index in [0.717, 1.165) is 23.4 Å². The maximum absolute atomic E-state index is 15.4. The summed E-state index contributed by atoms with van der Waals surface area (Å²) in [5, 5.41) is 12.4. The molecule has 2 aliphatic rings. The summed E-state index contributed by atoms with van der Waals surface area (Å²) in [6.07, 6.45) is 2.50. The predicted molar refractivity (Wildman–Crippen MR) is 111 cm³/mol. The number of carboxylic acids is 1. The monoisotopic (exact) mass is 444 g/mol. The Hall–Kier alpha value is -3.33. The van der Waals surface area contributed by atoms with Gasteiger partial charge in [0.1, 0.15) is 11.4 Å². The number of alkyl halides is 2. The molecule has 5 rings (SSSR count). The highest BCUT2D eigenvalue weighted by Crippen LogP contribution is 2.45. The molecule has 0 bridgehead atoms. The Morgan fingerprint density at radius 3 is 2.69 bits per heavy atom. The number of pyridine rings is 1. The highest BCUT2D eigenvalue weighted by molar-refractivity contribution is 5.98. The van der Waals surface area contributed by atoms with Crippen molar-refractivity contribution in [2.75, 3.05) is 0 Å². The molecule has 1 aliphatic heterocycles. The molecular weight excluding hydrogens is 425 g/mol. The van der Waals surface area contributed by atoms with Gasteiger partial charge in [-0.2, -0.15) is 8.78 Å². The number of nitrogens with one attached hydrogen (secondary N) is 1. The van der Waals surface area contributed by atoms with Gasteiger partial charge in [0.15, 0.2) is 5.75 Å². The maximum Gasteiger partial charge on any atom is 0.387 e. The van der Waals surface area contributed by atoms with Gasteiger partial charge >= 0.3 is 12.6 Å². The van der Waals surface area contributed by atoms with Crippen molar-refractivity contribution in [3.05, 3.63) is 63.2 Å². The lowest BCUT2D eigenvalue weighted by atomic mass is 9.96. The number of rotatable bonds is 5. The fraction of sp³-hybridized carbons (Fsp3) is 0.304. The highest BCUT2D eigenvalue weighted by Gasteiger charge is 2.31. The maximum atomic E-state index is 15.4. The zero-order valence-electron chi connectivity index (χ0n) is 17.0. The molecule has 6 nitrogen and oxygen atoms in total. The average Bonchev–Trinajstić information content (AvgIpc) is 3.51. The number of hydrogen-bond donors (Lipinski definition) is 2. The van der Waals surface area contributed by atoms with Crippen molar-refractivity contribution in [3.8, 4) is 16.9 Å². The first-order valence-corrected chi connectivity index (χ1v) is 10.2. The standard InChI is InChI=1S/C23H19F3N2O4/c1-10-14-5-2-11(6-12(14)8-27-10)18-17(24)7-15-19(21(18)32-23(25)26)28(13-3-4-13)9-16(20(15)29)22(30)31/h2,5-7,9-10,13,23,27H,3-4,8H2,1H3,(H,30,31)/t10-/m1/s1. The number of ether oxygens (including phenoxy) is 1. The number of benzene rings is 2. The van der Waals surface area contributed by atoms with E-state index < -0.39 is 35.1 Å². The molecule has 1 atom stereocenters. The minimum absolute atomic E-state index is 0.0220. The Labute approximate surface area is 180 Å². The van der Waals surface area contributed by atoms with Crippen molar-refractivity contribution in [1.82, 2.24) is 9.88 Å². The first-order valence-electron chi connectivity index (χ1n) is 10.2.